The van der Waals surface area contributed by atoms with Crippen molar-refractivity contribution in [2.45, 2.75) is 13.0 Å². The molecule has 1 unspecified atom stereocenters. The number of nitrogens with one attached hydrogen (secondary N) is 1. The van der Waals surface area contributed by atoms with Gasteiger partial charge in [-0.1, -0.05) is 6.07 Å². The first-order valence-electron chi connectivity index (χ1n) is 4.89. The van der Waals surface area contributed by atoms with Crippen LogP contribution in [0.2, 0.25) is 0 Å². The van der Waals surface area contributed by atoms with Gasteiger partial charge in [-0.05, 0) is 31.7 Å². The van der Waals surface area contributed by atoms with Gasteiger partial charge < -0.3 is 15.2 Å². The fourth-order valence-electron chi connectivity index (χ4n) is 1.23. The van der Waals surface area contributed by atoms with Crippen molar-refractivity contribution in [2.75, 3.05) is 20.3 Å². The van der Waals surface area contributed by atoms with Crippen molar-refractivity contribution in [3.05, 3.63) is 29.6 Å². The van der Waals surface area contributed by atoms with E-state index in [9.17, 15) is 4.39 Å². The Labute approximate surface area is 88.9 Å². The van der Waals surface area contributed by atoms with Crippen LogP contribution in [0.5, 0.6) is 5.75 Å². The molecule has 0 saturated heterocycles. The molecule has 0 aliphatic carbocycles. The van der Waals surface area contributed by atoms with Crippen LogP contribution in [0.15, 0.2) is 18.2 Å². The summed E-state index contributed by atoms with van der Waals surface area (Å²) in [7, 11) is 1.82. The molecule has 0 bridgehead atoms. The highest BCUT2D eigenvalue weighted by Crippen LogP contribution is 2.21. The molecule has 1 atom stereocenters. The minimum Gasteiger partial charge on any atom is -0.488 e. The van der Waals surface area contributed by atoms with E-state index in [0.717, 1.165) is 5.56 Å². The van der Waals surface area contributed by atoms with E-state index in [2.05, 4.69) is 5.32 Å². The Balaban J connectivity index is 2.78. The highest BCUT2D eigenvalue weighted by atomic mass is 19.1. The Morgan fingerprint density at radius 2 is 2.27 bits per heavy atom. The zero-order valence-electron chi connectivity index (χ0n) is 8.96. The molecule has 0 amide bonds. The molecule has 15 heavy (non-hydrogen) atoms. The fraction of sp³-hybridized carbons (Fsp3) is 0.455. The zero-order chi connectivity index (χ0) is 11.3. The van der Waals surface area contributed by atoms with Crippen molar-refractivity contribution in [1.29, 1.82) is 0 Å². The van der Waals surface area contributed by atoms with Gasteiger partial charge in [0.05, 0.1) is 6.61 Å². The Morgan fingerprint density at radius 1 is 1.53 bits per heavy atom. The van der Waals surface area contributed by atoms with Gasteiger partial charge in [0.2, 0.25) is 0 Å². The first kappa shape index (κ1) is 11.9. The minimum atomic E-state index is -0.400. The molecule has 1 aromatic carbocycles. The van der Waals surface area contributed by atoms with Gasteiger partial charge in [-0.15, -0.1) is 0 Å². The lowest BCUT2D eigenvalue weighted by atomic mass is 10.1. The van der Waals surface area contributed by atoms with Crippen LogP contribution in [-0.2, 0) is 0 Å². The van der Waals surface area contributed by atoms with Gasteiger partial charge >= 0.3 is 0 Å². The molecule has 0 saturated carbocycles. The van der Waals surface area contributed by atoms with E-state index in [4.69, 9.17) is 9.84 Å². The van der Waals surface area contributed by atoms with Crippen LogP contribution >= 0.6 is 0 Å². The quantitative estimate of drug-likeness (QED) is 0.778. The summed E-state index contributed by atoms with van der Waals surface area (Å²) in [6.07, 6.45) is 0. The second-order valence-corrected chi connectivity index (χ2v) is 3.27. The van der Waals surface area contributed by atoms with Crippen LogP contribution in [0.3, 0.4) is 0 Å². The van der Waals surface area contributed by atoms with Gasteiger partial charge in [0.15, 0.2) is 11.6 Å². The number of hydrogen-bond acceptors (Lipinski definition) is 3. The maximum Gasteiger partial charge on any atom is 0.165 e. The Kier molecular flexibility index (Phi) is 4.52. The number of aliphatic hydroxyl groups excluding tert-OH is 1. The summed E-state index contributed by atoms with van der Waals surface area (Å²) in [5.41, 5.74) is 0.867. The molecule has 1 aromatic rings. The maximum absolute atomic E-state index is 13.4. The highest BCUT2D eigenvalue weighted by molar-refractivity contribution is 5.30. The van der Waals surface area contributed by atoms with Crippen molar-refractivity contribution in [1.82, 2.24) is 5.32 Å². The number of benzene rings is 1. The van der Waals surface area contributed by atoms with E-state index in [0.29, 0.717) is 0 Å². The molecule has 0 fully saturated rings. The van der Waals surface area contributed by atoms with Crippen molar-refractivity contribution in [3.63, 3.8) is 0 Å². The molecule has 0 spiro atoms. The third-order valence-electron chi connectivity index (χ3n) is 2.24. The van der Waals surface area contributed by atoms with Gasteiger partial charge in [0.1, 0.15) is 6.61 Å². The van der Waals surface area contributed by atoms with Crippen molar-refractivity contribution in [2.24, 2.45) is 0 Å². The lowest BCUT2D eigenvalue weighted by molar-refractivity contribution is 0.196. The monoisotopic (exact) mass is 213 g/mol. The minimum absolute atomic E-state index is 0.103. The SMILES string of the molecule is CNC(C)c1ccc(OCCO)c(F)c1. The van der Waals surface area contributed by atoms with Crippen LogP contribution in [0, 0.1) is 5.82 Å². The van der Waals surface area contributed by atoms with E-state index in [1.807, 2.05) is 14.0 Å². The zero-order valence-corrected chi connectivity index (χ0v) is 8.96. The summed E-state index contributed by atoms with van der Waals surface area (Å²) < 4.78 is 18.4. The average molecular weight is 213 g/mol. The standard InChI is InChI=1S/C11H16FNO2/c1-8(13-2)9-3-4-11(10(12)7-9)15-6-5-14/h3-4,7-8,13-14H,5-6H2,1-2H3. The molecule has 2 N–H and O–H groups in total. The molecule has 1 rings (SSSR count). The maximum atomic E-state index is 13.4. The largest absolute Gasteiger partial charge is 0.488 e. The van der Waals surface area contributed by atoms with E-state index in [1.54, 1.807) is 12.1 Å². The molecule has 0 heterocycles. The average Bonchev–Trinajstić information content (AvgIpc) is 2.26. The highest BCUT2D eigenvalue weighted by Gasteiger charge is 2.08. The van der Waals surface area contributed by atoms with Gasteiger partial charge in [-0.25, -0.2) is 4.39 Å². The van der Waals surface area contributed by atoms with Gasteiger partial charge in [0, 0.05) is 6.04 Å². The number of hydrogen-bond donors (Lipinski definition) is 2. The number of rotatable bonds is 5. The van der Waals surface area contributed by atoms with E-state index >= 15 is 0 Å². The normalized spacial score (nSPS) is 12.5. The van der Waals surface area contributed by atoms with Crippen molar-refractivity contribution >= 4 is 0 Å². The molecule has 4 heteroatoms. The van der Waals surface area contributed by atoms with Gasteiger partial charge in [-0.3, -0.25) is 0 Å². The number of aliphatic hydroxyl groups is 1. The van der Waals surface area contributed by atoms with Gasteiger partial charge in [0.25, 0.3) is 0 Å². The number of halogens is 1. The Hall–Kier alpha value is -1.13. The van der Waals surface area contributed by atoms with E-state index < -0.39 is 5.82 Å². The number of ether oxygens (including phenoxy) is 1. The molecule has 3 nitrogen and oxygen atoms in total. The molecule has 0 aliphatic rings. The van der Waals surface area contributed by atoms with Crippen LogP contribution < -0.4 is 10.1 Å². The third-order valence-corrected chi connectivity index (χ3v) is 2.24. The molecule has 0 aromatic heterocycles. The van der Waals surface area contributed by atoms with Crippen molar-refractivity contribution in [3.8, 4) is 5.75 Å². The molecular weight excluding hydrogens is 197 g/mol. The fourth-order valence-corrected chi connectivity index (χ4v) is 1.23. The predicted octanol–water partition coefficient (Wildman–Crippen LogP) is 1.48. The smallest absolute Gasteiger partial charge is 0.165 e. The summed E-state index contributed by atoms with van der Waals surface area (Å²) in [6, 6.07) is 4.92. The predicted molar refractivity (Wildman–Crippen MR) is 56.5 cm³/mol. The molecular formula is C11H16FNO2. The van der Waals surface area contributed by atoms with Crippen LogP contribution in [0.4, 0.5) is 4.39 Å². The van der Waals surface area contributed by atoms with Crippen molar-refractivity contribution < 1.29 is 14.2 Å². The lowest BCUT2D eigenvalue weighted by Gasteiger charge is -2.12. The molecule has 0 aliphatic heterocycles. The second kappa shape index (κ2) is 5.68. The van der Waals surface area contributed by atoms with Crippen LogP contribution in [-0.4, -0.2) is 25.4 Å². The third kappa shape index (κ3) is 3.18. The first-order chi connectivity index (χ1) is 7.19. The summed E-state index contributed by atoms with van der Waals surface area (Å²) in [6.45, 7) is 1.94. The first-order valence-corrected chi connectivity index (χ1v) is 4.89. The summed E-state index contributed by atoms with van der Waals surface area (Å²) in [4.78, 5) is 0. The second-order valence-electron chi connectivity index (χ2n) is 3.27. The summed E-state index contributed by atoms with van der Waals surface area (Å²) in [5.74, 6) is -0.223. The van der Waals surface area contributed by atoms with Crippen LogP contribution in [0.25, 0.3) is 0 Å². The topological polar surface area (TPSA) is 41.5 Å². The lowest BCUT2D eigenvalue weighted by Crippen LogP contribution is -2.12. The molecule has 0 radical (unpaired) electrons. The summed E-state index contributed by atoms with van der Waals surface area (Å²) in [5, 5.41) is 11.6. The summed E-state index contributed by atoms with van der Waals surface area (Å²) >= 11 is 0. The van der Waals surface area contributed by atoms with E-state index in [1.165, 1.54) is 6.07 Å². The van der Waals surface area contributed by atoms with Crippen LogP contribution in [0.1, 0.15) is 18.5 Å². The molecule has 84 valence electrons. The van der Waals surface area contributed by atoms with Gasteiger partial charge in [-0.2, -0.15) is 0 Å². The van der Waals surface area contributed by atoms with E-state index in [-0.39, 0.29) is 25.0 Å². The Morgan fingerprint density at radius 3 is 2.80 bits per heavy atom. The Bertz CT molecular complexity index is 317.